The smallest absolute Gasteiger partial charge is 0.226 e. The zero-order valence-corrected chi connectivity index (χ0v) is 14.9. The monoisotopic (exact) mass is 337 g/mol. The van der Waals surface area contributed by atoms with Gasteiger partial charge in [-0.05, 0) is 50.5 Å². The van der Waals surface area contributed by atoms with Gasteiger partial charge in [0.1, 0.15) is 17.1 Å². The van der Waals surface area contributed by atoms with Crippen LogP contribution in [0.15, 0.2) is 30.3 Å². The van der Waals surface area contributed by atoms with Crippen LogP contribution in [-0.4, -0.2) is 29.0 Å². The predicted octanol–water partition coefficient (Wildman–Crippen LogP) is 3.77. The van der Waals surface area contributed by atoms with Crippen LogP contribution in [0.2, 0.25) is 0 Å². The Balaban J connectivity index is 1.77. The summed E-state index contributed by atoms with van der Waals surface area (Å²) >= 11 is 0. The molecule has 2 aromatic rings. The molecule has 4 nitrogen and oxygen atoms in total. The Morgan fingerprint density at radius 2 is 2.00 bits per heavy atom. The van der Waals surface area contributed by atoms with Crippen molar-refractivity contribution in [1.29, 1.82) is 0 Å². The summed E-state index contributed by atoms with van der Waals surface area (Å²) in [7, 11) is 0. The van der Waals surface area contributed by atoms with Gasteiger partial charge in [0.2, 0.25) is 5.91 Å². The molecule has 2 aromatic carbocycles. The molecule has 1 N–H and O–H groups in total. The number of aryl methyl sites for hydroxylation is 1. The molecule has 2 aliphatic heterocycles. The van der Waals surface area contributed by atoms with E-state index >= 15 is 0 Å². The summed E-state index contributed by atoms with van der Waals surface area (Å²) in [5, 5.41) is 10.7. The maximum atomic E-state index is 12.2. The summed E-state index contributed by atoms with van der Waals surface area (Å²) in [5.41, 5.74) is 4.23. The van der Waals surface area contributed by atoms with Crippen molar-refractivity contribution in [1.82, 2.24) is 4.90 Å². The highest BCUT2D eigenvalue weighted by molar-refractivity contribution is 5.84. The topological polar surface area (TPSA) is 49.8 Å². The number of carbonyl (C=O) groups is 1. The number of hydrogen-bond donors (Lipinski definition) is 1. The molecule has 1 fully saturated rings. The molecule has 2 aliphatic rings. The van der Waals surface area contributed by atoms with E-state index in [0.29, 0.717) is 12.2 Å². The van der Waals surface area contributed by atoms with Crippen LogP contribution in [0.5, 0.6) is 11.5 Å². The van der Waals surface area contributed by atoms with Crippen molar-refractivity contribution in [3.63, 3.8) is 0 Å². The van der Waals surface area contributed by atoms with Crippen molar-refractivity contribution in [3.05, 3.63) is 47.0 Å². The highest BCUT2D eigenvalue weighted by Crippen LogP contribution is 2.49. The number of benzene rings is 2. The first-order valence-electron chi connectivity index (χ1n) is 8.79. The van der Waals surface area contributed by atoms with Crippen LogP contribution in [0.1, 0.15) is 37.0 Å². The molecule has 0 saturated carbocycles. The predicted molar refractivity (Wildman–Crippen MR) is 96.8 cm³/mol. The summed E-state index contributed by atoms with van der Waals surface area (Å²) in [6.45, 7) is 7.77. The van der Waals surface area contributed by atoms with Crippen molar-refractivity contribution in [2.45, 2.75) is 39.2 Å². The SMILES string of the molecule is Cc1ccc2c(c1)-c1c(O)cc(CC(=O)N3CCC3)cc1OC2(C)C. The second-order valence-electron chi connectivity index (χ2n) is 7.56. The van der Waals surface area contributed by atoms with Gasteiger partial charge < -0.3 is 14.7 Å². The van der Waals surface area contributed by atoms with Gasteiger partial charge in [-0.2, -0.15) is 0 Å². The Morgan fingerprint density at radius 1 is 1.24 bits per heavy atom. The first kappa shape index (κ1) is 16.0. The standard InChI is InChI=1S/C21H23NO3/c1-13-5-6-16-15(9-13)20-17(23)10-14(11-18(20)25-21(16,2)3)12-19(24)22-7-4-8-22/h5-6,9-11,23H,4,7-8,12H2,1-3H3. The Bertz CT molecular complexity index is 866. The number of ether oxygens (including phenoxy) is 1. The van der Waals surface area contributed by atoms with Crippen molar-refractivity contribution in [3.8, 4) is 22.6 Å². The van der Waals surface area contributed by atoms with Gasteiger partial charge in [-0.25, -0.2) is 0 Å². The normalized spacial score (nSPS) is 17.2. The lowest BCUT2D eigenvalue weighted by Gasteiger charge is -2.36. The van der Waals surface area contributed by atoms with Crippen LogP contribution in [-0.2, 0) is 16.8 Å². The summed E-state index contributed by atoms with van der Waals surface area (Å²) in [4.78, 5) is 14.1. The third kappa shape index (κ3) is 2.66. The van der Waals surface area contributed by atoms with E-state index in [9.17, 15) is 9.90 Å². The molecule has 1 amide bonds. The molecule has 1 saturated heterocycles. The molecule has 0 unspecified atom stereocenters. The van der Waals surface area contributed by atoms with E-state index in [-0.39, 0.29) is 11.7 Å². The quantitative estimate of drug-likeness (QED) is 0.907. The van der Waals surface area contributed by atoms with Crippen LogP contribution >= 0.6 is 0 Å². The van der Waals surface area contributed by atoms with Crippen molar-refractivity contribution < 1.29 is 14.6 Å². The third-order valence-corrected chi connectivity index (χ3v) is 5.16. The molecule has 2 heterocycles. The number of phenols is 1. The molecule has 0 spiro atoms. The fourth-order valence-electron chi connectivity index (χ4n) is 3.68. The molecule has 4 rings (SSSR count). The molecule has 0 atom stereocenters. The number of carbonyl (C=O) groups excluding carboxylic acids is 1. The number of phenolic OH excluding ortho intramolecular Hbond substituents is 1. The lowest BCUT2D eigenvalue weighted by Crippen LogP contribution is -2.42. The Hall–Kier alpha value is -2.49. The average molecular weight is 337 g/mol. The molecule has 25 heavy (non-hydrogen) atoms. The van der Waals surface area contributed by atoms with Crippen LogP contribution in [0.3, 0.4) is 0 Å². The maximum Gasteiger partial charge on any atom is 0.226 e. The second kappa shape index (κ2) is 5.51. The Morgan fingerprint density at radius 3 is 2.68 bits per heavy atom. The highest BCUT2D eigenvalue weighted by Gasteiger charge is 2.34. The summed E-state index contributed by atoms with van der Waals surface area (Å²) < 4.78 is 6.20. The number of likely N-dealkylation sites (tertiary alicyclic amines) is 1. The van der Waals surface area contributed by atoms with Gasteiger partial charge >= 0.3 is 0 Å². The minimum atomic E-state index is -0.484. The van der Waals surface area contributed by atoms with E-state index in [4.69, 9.17) is 4.74 Å². The fraction of sp³-hybridized carbons (Fsp3) is 0.381. The molecule has 0 aromatic heterocycles. The number of rotatable bonds is 2. The van der Waals surface area contributed by atoms with Gasteiger partial charge in [-0.15, -0.1) is 0 Å². The summed E-state index contributed by atoms with van der Waals surface area (Å²) in [5.74, 6) is 0.928. The van der Waals surface area contributed by atoms with Crippen LogP contribution in [0, 0.1) is 6.92 Å². The lowest BCUT2D eigenvalue weighted by molar-refractivity contribution is -0.133. The number of amides is 1. The van der Waals surface area contributed by atoms with Crippen LogP contribution in [0.25, 0.3) is 11.1 Å². The van der Waals surface area contributed by atoms with Crippen LogP contribution in [0.4, 0.5) is 0 Å². The van der Waals surface area contributed by atoms with E-state index in [0.717, 1.165) is 47.3 Å². The van der Waals surface area contributed by atoms with E-state index in [1.165, 1.54) is 0 Å². The van der Waals surface area contributed by atoms with E-state index in [1.54, 1.807) is 6.07 Å². The minimum absolute atomic E-state index is 0.108. The van der Waals surface area contributed by atoms with Gasteiger partial charge in [0.15, 0.2) is 0 Å². The zero-order valence-electron chi connectivity index (χ0n) is 14.9. The van der Waals surface area contributed by atoms with Crippen LogP contribution < -0.4 is 4.74 Å². The molecule has 130 valence electrons. The molecular weight excluding hydrogens is 314 g/mol. The Labute approximate surface area is 148 Å². The molecule has 0 aliphatic carbocycles. The lowest BCUT2D eigenvalue weighted by atomic mass is 9.84. The van der Waals surface area contributed by atoms with Gasteiger partial charge in [-0.1, -0.05) is 23.8 Å². The third-order valence-electron chi connectivity index (χ3n) is 5.16. The van der Waals surface area contributed by atoms with E-state index < -0.39 is 5.60 Å². The van der Waals surface area contributed by atoms with E-state index in [1.807, 2.05) is 31.7 Å². The highest BCUT2D eigenvalue weighted by atomic mass is 16.5. The molecule has 4 heteroatoms. The van der Waals surface area contributed by atoms with Crippen molar-refractivity contribution in [2.24, 2.45) is 0 Å². The minimum Gasteiger partial charge on any atom is -0.507 e. The number of fused-ring (bicyclic) bond motifs is 3. The summed E-state index contributed by atoms with van der Waals surface area (Å²) in [6.07, 6.45) is 1.37. The second-order valence-corrected chi connectivity index (χ2v) is 7.56. The maximum absolute atomic E-state index is 12.2. The fourth-order valence-corrected chi connectivity index (χ4v) is 3.68. The number of aromatic hydroxyl groups is 1. The zero-order chi connectivity index (χ0) is 17.8. The largest absolute Gasteiger partial charge is 0.507 e. The van der Waals surface area contributed by atoms with Crippen molar-refractivity contribution >= 4 is 5.91 Å². The van der Waals surface area contributed by atoms with Gasteiger partial charge in [-0.3, -0.25) is 4.79 Å². The molecular formula is C21H23NO3. The summed E-state index contributed by atoms with van der Waals surface area (Å²) in [6, 6.07) is 9.81. The first-order chi connectivity index (χ1) is 11.8. The van der Waals surface area contributed by atoms with Gasteiger partial charge in [0.25, 0.3) is 0 Å². The first-order valence-corrected chi connectivity index (χ1v) is 8.79. The van der Waals surface area contributed by atoms with Gasteiger partial charge in [0.05, 0.1) is 12.0 Å². The molecule has 0 radical (unpaired) electrons. The number of nitrogens with zero attached hydrogens (tertiary/aromatic N) is 1. The number of hydrogen-bond acceptors (Lipinski definition) is 3. The Kier molecular flexibility index (Phi) is 3.53. The van der Waals surface area contributed by atoms with Gasteiger partial charge in [0, 0.05) is 18.7 Å². The average Bonchev–Trinajstić information content (AvgIpc) is 2.43. The molecule has 0 bridgehead atoms. The van der Waals surface area contributed by atoms with Crippen molar-refractivity contribution in [2.75, 3.05) is 13.1 Å². The van der Waals surface area contributed by atoms with E-state index in [2.05, 4.69) is 18.2 Å².